The van der Waals surface area contributed by atoms with Gasteiger partial charge >= 0.3 is 0 Å². The third kappa shape index (κ3) is 2.11. The van der Waals surface area contributed by atoms with Crippen molar-refractivity contribution in [2.75, 3.05) is 0 Å². The highest BCUT2D eigenvalue weighted by atomic mass is 35.5. The highest BCUT2D eigenvalue weighted by Gasteiger charge is 1.96. The average Bonchev–Trinajstić information content (AvgIpc) is 2.04. The van der Waals surface area contributed by atoms with Gasteiger partial charge in [0.15, 0.2) is 0 Å². The van der Waals surface area contributed by atoms with Crippen molar-refractivity contribution in [3.63, 3.8) is 0 Å². The molecular weight excluding hydrogens is 170 g/mol. The first-order chi connectivity index (χ1) is 5.76. The van der Waals surface area contributed by atoms with E-state index in [1.807, 2.05) is 12.1 Å². The van der Waals surface area contributed by atoms with Crippen LogP contribution < -0.4 is 0 Å². The minimum Gasteiger partial charge on any atom is -0.198 e. The highest BCUT2D eigenvalue weighted by molar-refractivity contribution is 6.30. The molecule has 0 radical (unpaired) electrons. The van der Waals surface area contributed by atoms with Gasteiger partial charge in [0, 0.05) is 5.02 Å². The van der Waals surface area contributed by atoms with Gasteiger partial charge in [-0.05, 0) is 23.3 Å². The third-order valence-electron chi connectivity index (χ3n) is 1.50. The molecule has 0 aliphatic rings. The quantitative estimate of drug-likeness (QED) is 0.681. The van der Waals surface area contributed by atoms with Gasteiger partial charge in [0.1, 0.15) is 0 Å². The van der Waals surface area contributed by atoms with Crippen molar-refractivity contribution in [1.82, 2.24) is 0 Å². The molecule has 1 aromatic rings. The first-order valence-corrected chi connectivity index (χ1v) is 3.93. The molecule has 0 aliphatic carbocycles. The van der Waals surface area contributed by atoms with Gasteiger partial charge in [0.05, 0.1) is 12.5 Å². The monoisotopic (exact) mass is 177 g/mol. The van der Waals surface area contributed by atoms with Gasteiger partial charge in [0.25, 0.3) is 0 Å². The van der Waals surface area contributed by atoms with E-state index in [9.17, 15) is 0 Å². The number of nitriles is 1. The Morgan fingerprint density at radius 2 is 2.25 bits per heavy atom. The molecule has 0 amide bonds. The molecule has 0 saturated carbocycles. The van der Waals surface area contributed by atoms with Crippen LogP contribution in [0.3, 0.4) is 0 Å². The van der Waals surface area contributed by atoms with Crippen LogP contribution in [0.15, 0.2) is 24.8 Å². The van der Waals surface area contributed by atoms with Crippen LogP contribution in [0.25, 0.3) is 6.08 Å². The summed E-state index contributed by atoms with van der Waals surface area (Å²) in [6.45, 7) is 3.63. The predicted molar refractivity (Wildman–Crippen MR) is 50.9 cm³/mol. The molecule has 0 N–H and O–H groups in total. The lowest BCUT2D eigenvalue weighted by atomic mass is 10.1. The van der Waals surface area contributed by atoms with Gasteiger partial charge in [-0.2, -0.15) is 5.26 Å². The fourth-order valence-corrected chi connectivity index (χ4v) is 1.25. The lowest BCUT2D eigenvalue weighted by molar-refractivity contribution is 1.26. The summed E-state index contributed by atoms with van der Waals surface area (Å²) in [4.78, 5) is 0. The van der Waals surface area contributed by atoms with E-state index in [2.05, 4.69) is 12.6 Å². The SMILES string of the molecule is C=Cc1cc(Cl)cc(CC#N)c1. The Morgan fingerprint density at radius 1 is 1.50 bits per heavy atom. The Morgan fingerprint density at radius 3 is 2.83 bits per heavy atom. The Kier molecular flexibility index (Phi) is 2.90. The Hall–Kier alpha value is -1.26. The van der Waals surface area contributed by atoms with Crippen LogP contribution in [-0.4, -0.2) is 0 Å². The van der Waals surface area contributed by atoms with Gasteiger partial charge < -0.3 is 0 Å². The zero-order valence-electron chi connectivity index (χ0n) is 6.55. The second-order valence-corrected chi connectivity index (χ2v) is 2.87. The van der Waals surface area contributed by atoms with Crippen LogP contribution >= 0.6 is 11.6 Å². The largest absolute Gasteiger partial charge is 0.198 e. The number of benzene rings is 1. The fraction of sp³-hybridized carbons (Fsp3) is 0.100. The van der Waals surface area contributed by atoms with Gasteiger partial charge in [-0.15, -0.1) is 0 Å². The van der Waals surface area contributed by atoms with Crippen LogP contribution in [0.5, 0.6) is 0 Å². The zero-order chi connectivity index (χ0) is 8.97. The molecule has 0 aromatic heterocycles. The maximum atomic E-state index is 8.46. The number of rotatable bonds is 2. The molecule has 0 bridgehead atoms. The molecule has 1 rings (SSSR count). The Labute approximate surface area is 76.9 Å². The topological polar surface area (TPSA) is 23.8 Å². The minimum absolute atomic E-state index is 0.390. The summed E-state index contributed by atoms with van der Waals surface area (Å²) in [7, 11) is 0. The average molecular weight is 178 g/mol. The first-order valence-electron chi connectivity index (χ1n) is 3.55. The first kappa shape index (κ1) is 8.83. The molecule has 0 saturated heterocycles. The zero-order valence-corrected chi connectivity index (χ0v) is 7.30. The fourth-order valence-electron chi connectivity index (χ4n) is 0.987. The standard InChI is InChI=1S/C10H8ClN/c1-2-8-5-9(3-4-12)7-10(11)6-8/h2,5-7H,1,3H2. The van der Waals surface area contributed by atoms with Crippen molar-refractivity contribution in [2.45, 2.75) is 6.42 Å². The van der Waals surface area contributed by atoms with E-state index < -0.39 is 0 Å². The van der Waals surface area contributed by atoms with E-state index >= 15 is 0 Å². The van der Waals surface area contributed by atoms with Crippen molar-refractivity contribution >= 4 is 17.7 Å². The van der Waals surface area contributed by atoms with Gasteiger partial charge in [0.2, 0.25) is 0 Å². The van der Waals surface area contributed by atoms with Gasteiger partial charge in [-0.25, -0.2) is 0 Å². The lowest BCUT2D eigenvalue weighted by Crippen LogP contribution is -1.82. The number of nitrogens with zero attached hydrogens (tertiary/aromatic N) is 1. The van der Waals surface area contributed by atoms with Crippen molar-refractivity contribution in [3.05, 3.63) is 40.9 Å². The van der Waals surface area contributed by atoms with Crippen LogP contribution in [0.2, 0.25) is 5.02 Å². The molecule has 0 heterocycles. The van der Waals surface area contributed by atoms with E-state index in [0.29, 0.717) is 11.4 Å². The van der Waals surface area contributed by atoms with Gasteiger partial charge in [-0.1, -0.05) is 30.3 Å². The van der Waals surface area contributed by atoms with E-state index in [0.717, 1.165) is 11.1 Å². The van der Waals surface area contributed by atoms with Gasteiger partial charge in [-0.3, -0.25) is 0 Å². The molecule has 0 fully saturated rings. The van der Waals surface area contributed by atoms with Crippen molar-refractivity contribution in [2.24, 2.45) is 0 Å². The molecule has 0 atom stereocenters. The third-order valence-corrected chi connectivity index (χ3v) is 1.72. The lowest BCUT2D eigenvalue weighted by Gasteiger charge is -1.98. The molecular formula is C10H8ClN. The summed E-state index contributed by atoms with van der Waals surface area (Å²) in [6.07, 6.45) is 2.11. The van der Waals surface area contributed by atoms with Crippen LogP contribution in [0, 0.1) is 11.3 Å². The molecule has 2 heteroatoms. The molecule has 1 nitrogen and oxygen atoms in total. The summed E-state index contributed by atoms with van der Waals surface area (Å²) in [5.74, 6) is 0. The maximum Gasteiger partial charge on any atom is 0.0669 e. The van der Waals surface area contributed by atoms with E-state index in [4.69, 9.17) is 16.9 Å². The smallest absolute Gasteiger partial charge is 0.0669 e. The second-order valence-electron chi connectivity index (χ2n) is 2.43. The van der Waals surface area contributed by atoms with Crippen molar-refractivity contribution in [1.29, 1.82) is 5.26 Å². The predicted octanol–water partition coefficient (Wildman–Crippen LogP) is 3.05. The summed E-state index contributed by atoms with van der Waals surface area (Å²) in [5.41, 5.74) is 1.88. The number of halogens is 1. The Bertz CT molecular complexity index is 336. The van der Waals surface area contributed by atoms with Crippen LogP contribution in [0.1, 0.15) is 11.1 Å². The summed E-state index contributed by atoms with van der Waals surface area (Å²) in [5, 5.41) is 9.11. The summed E-state index contributed by atoms with van der Waals surface area (Å²) >= 11 is 5.81. The normalized spacial score (nSPS) is 9.00. The maximum absolute atomic E-state index is 8.46. The molecule has 12 heavy (non-hydrogen) atoms. The molecule has 0 aliphatic heterocycles. The summed E-state index contributed by atoms with van der Waals surface area (Å²) < 4.78 is 0. The number of hydrogen-bond donors (Lipinski definition) is 0. The second kappa shape index (κ2) is 3.94. The minimum atomic E-state index is 0.390. The van der Waals surface area contributed by atoms with E-state index in [1.165, 1.54) is 0 Å². The molecule has 0 unspecified atom stereocenters. The van der Waals surface area contributed by atoms with Crippen LogP contribution in [-0.2, 0) is 6.42 Å². The molecule has 1 aromatic carbocycles. The molecule has 0 spiro atoms. The summed E-state index contributed by atoms with van der Waals surface area (Å²) in [6, 6.07) is 7.58. The van der Waals surface area contributed by atoms with Crippen LogP contribution in [0.4, 0.5) is 0 Å². The van der Waals surface area contributed by atoms with Crippen molar-refractivity contribution < 1.29 is 0 Å². The molecule has 60 valence electrons. The van der Waals surface area contributed by atoms with Crippen molar-refractivity contribution in [3.8, 4) is 6.07 Å². The Balaban J connectivity index is 3.07. The van der Waals surface area contributed by atoms with E-state index in [1.54, 1.807) is 12.1 Å². The van der Waals surface area contributed by atoms with E-state index in [-0.39, 0.29) is 0 Å². The number of hydrogen-bond acceptors (Lipinski definition) is 1. The highest BCUT2D eigenvalue weighted by Crippen LogP contribution is 2.16.